The smallest absolute Gasteiger partial charge is 0.243 e. The summed E-state index contributed by atoms with van der Waals surface area (Å²) in [5.74, 6) is 0.254. The standard InChI is InChI=1S/C22H23FN4O3S/c1-30-18-8-4-15(5-9-18)20-13-25-22(24)26-21(20)16-3-2-12-27(14-16)31(28,29)19-10-6-17(23)7-11-19/h4-11,13,16H,2-3,12,14H2,1H3,(H2,24,25,26)/t16-/m0/s1. The summed E-state index contributed by atoms with van der Waals surface area (Å²) in [4.78, 5) is 8.70. The van der Waals surface area contributed by atoms with E-state index in [4.69, 9.17) is 10.5 Å². The minimum atomic E-state index is -3.74. The second-order valence-corrected chi connectivity index (χ2v) is 9.35. The molecule has 9 heteroatoms. The van der Waals surface area contributed by atoms with Crippen molar-refractivity contribution in [2.75, 3.05) is 25.9 Å². The fraction of sp³-hybridized carbons (Fsp3) is 0.273. The first-order valence-electron chi connectivity index (χ1n) is 9.91. The number of ether oxygens (including phenoxy) is 1. The fourth-order valence-corrected chi connectivity index (χ4v) is 5.38. The number of nitrogen functional groups attached to an aromatic ring is 1. The SMILES string of the molecule is COc1ccc(-c2cnc(N)nc2[C@H]2CCCN(S(=O)(=O)c3ccc(F)cc3)C2)cc1. The Balaban J connectivity index is 1.66. The number of piperidine rings is 1. The topological polar surface area (TPSA) is 98.4 Å². The highest BCUT2D eigenvalue weighted by Crippen LogP contribution is 2.35. The van der Waals surface area contributed by atoms with Gasteiger partial charge < -0.3 is 10.5 Å². The van der Waals surface area contributed by atoms with Gasteiger partial charge in [0.25, 0.3) is 0 Å². The van der Waals surface area contributed by atoms with Gasteiger partial charge in [0.1, 0.15) is 11.6 Å². The van der Waals surface area contributed by atoms with Crippen molar-refractivity contribution in [3.05, 3.63) is 66.2 Å². The molecule has 2 heterocycles. The van der Waals surface area contributed by atoms with E-state index in [2.05, 4.69) is 9.97 Å². The highest BCUT2D eigenvalue weighted by Gasteiger charge is 2.32. The van der Waals surface area contributed by atoms with Crippen LogP contribution in [0.2, 0.25) is 0 Å². The molecule has 0 spiro atoms. The van der Waals surface area contributed by atoms with Crippen LogP contribution in [-0.4, -0.2) is 42.9 Å². The Hall–Kier alpha value is -3.04. The van der Waals surface area contributed by atoms with Crippen molar-refractivity contribution in [3.8, 4) is 16.9 Å². The lowest BCUT2D eigenvalue weighted by Crippen LogP contribution is -2.39. The third-order valence-corrected chi connectivity index (χ3v) is 7.34. The maximum Gasteiger partial charge on any atom is 0.243 e. The zero-order valence-electron chi connectivity index (χ0n) is 17.0. The quantitative estimate of drug-likeness (QED) is 0.650. The maximum atomic E-state index is 13.2. The zero-order valence-corrected chi connectivity index (χ0v) is 17.8. The average molecular weight is 443 g/mol. The molecule has 7 nitrogen and oxygen atoms in total. The number of sulfonamides is 1. The minimum Gasteiger partial charge on any atom is -0.497 e. The van der Waals surface area contributed by atoms with Gasteiger partial charge in [0.05, 0.1) is 17.7 Å². The van der Waals surface area contributed by atoms with Gasteiger partial charge in [-0.3, -0.25) is 0 Å². The van der Waals surface area contributed by atoms with Gasteiger partial charge in [-0.25, -0.2) is 22.8 Å². The normalized spacial score (nSPS) is 17.4. The van der Waals surface area contributed by atoms with Crippen LogP contribution in [0, 0.1) is 5.82 Å². The summed E-state index contributed by atoms with van der Waals surface area (Å²) in [7, 11) is -2.14. The molecule has 1 aliphatic heterocycles. The number of hydrogen-bond donors (Lipinski definition) is 1. The van der Waals surface area contributed by atoms with E-state index in [1.54, 1.807) is 13.3 Å². The second-order valence-electron chi connectivity index (χ2n) is 7.41. The number of benzene rings is 2. The lowest BCUT2D eigenvalue weighted by Gasteiger charge is -2.32. The zero-order chi connectivity index (χ0) is 22.0. The number of methoxy groups -OCH3 is 1. The largest absolute Gasteiger partial charge is 0.497 e. The molecule has 1 aromatic heterocycles. The van der Waals surface area contributed by atoms with Crippen molar-refractivity contribution in [3.63, 3.8) is 0 Å². The number of hydrogen-bond acceptors (Lipinski definition) is 6. The van der Waals surface area contributed by atoms with Crippen LogP contribution >= 0.6 is 0 Å². The molecule has 2 aromatic carbocycles. The van der Waals surface area contributed by atoms with Crippen LogP contribution in [0.15, 0.2) is 59.6 Å². The van der Waals surface area contributed by atoms with E-state index in [-0.39, 0.29) is 23.3 Å². The number of nitrogens with zero attached hydrogens (tertiary/aromatic N) is 3. The van der Waals surface area contributed by atoms with Crippen LogP contribution in [0.25, 0.3) is 11.1 Å². The van der Waals surface area contributed by atoms with Crippen molar-refractivity contribution >= 4 is 16.0 Å². The number of anilines is 1. The summed E-state index contributed by atoms with van der Waals surface area (Å²) < 4.78 is 46.1. The third kappa shape index (κ3) is 4.38. The summed E-state index contributed by atoms with van der Waals surface area (Å²) in [6.07, 6.45) is 3.12. The molecule has 1 aliphatic rings. The van der Waals surface area contributed by atoms with Gasteiger partial charge in [-0.1, -0.05) is 12.1 Å². The number of aromatic nitrogens is 2. The van der Waals surface area contributed by atoms with E-state index in [9.17, 15) is 12.8 Å². The molecule has 3 aromatic rings. The fourth-order valence-electron chi connectivity index (χ4n) is 3.85. The van der Waals surface area contributed by atoms with Crippen molar-refractivity contribution in [2.24, 2.45) is 0 Å². The first-order chi connectivity index (χ1) is 14.9. The molecule has 0 aliphatic carbocycles. The van der Waals surface area contributed by atoms with Crippen LogP contribution in [-0.2, 0) is 10.0 Å². The summed E-state index contributed by atoms with van der Waals surface area (Å²) in [5, 5.41) is 0. The predicted molar refractivity (Wildman–Crippen MR) is 116 cm³/mol. The van der Waals surface area contributed by atoms with Crippen LogP contribution < -0.4 is 10.5 Å². The number of rotatable bonds is 5. The van der Waals surface area contributed by atoms with Gasteiger partial charge in [-0.15, -0.1) is 0 Å². The first kappa shape index (κ1) is 21.2. The Labute approximate surface area is 180 Å². The molecule has 1 fully saturated rings. The molecular weight excluding hydrogens is 419 g/mol. The minimum absolute atomic E-state index is 0.0760. The Kier molecular flexibility index (Phi) is 5.88. The van der Waals surface area contributed by atoms with Crippen molar-refractivity contribution in [1.29, 1.82) is 0 Å². The molecule has 1 saturated heterocycles. The van der Waals surface area contributed by atoms with Crippen molar-refractivity contribution < 1.29 is 17.5 Å². The van der Waals surface area contributed by atoms with Crippen LogP contribution in [0.1, 0.15) is 24.5 Å². The maximum absolute atomic E-state index is 13.2. The monoisotopic (exact) mass is 442 g/mol. The molecule has 0 unspecified atom stereocenters. The summed E-state index contributed by atoms with van der Waals surface area (Å²) in [5.41, 5.74) is 8.30. The van der Waals surface area contributed by atoms with Gasteiger partial charge in [-0.05, 0) is 54.8 Å². The van der Waals surface area contributed by atoms with E-state index in [0.717, 1.165) is 41.1 Å². The Morgan fingerprint density at radius 2 is 1.84 bits per heavy atom. The Morgan fingerprint density at radius 3 is 2.52 bits per heavy atom. The van der Waals surface area contributed by atoms with Crippen molar-refractivity contribution in [2.45, 2.75) is 23.7 Å². The molecule has 0 radical (unpaired) electrons. The van der Waals surface area contributed by atoms with Gasteiger partial charge in [0, 0.05) is 30.8 Å². The Morgan fingerprint density at radius 1 is 1.13 bits per heavy atom. The van der Waals surface area contributed by atoms with E-state index in [0.29, 0.717) is 13.0 Å². The van der Waals surface area contributed by atoms with Gasteiger partial charge in [-0.2, -0.15) is 4.31 Å². The third-order valence-electron chi connectivity index (χ3n) is 5.46. The van der Waals surface area contributed by atoms with Crippen LogP contribution in [0.3, 0.4) is 0 Å². The lowest BCUT2D eigenvalue weighted by atomic mass is 9.91. The molecule has 0 saturated carbocycles. The van der Waals surface area contributed by atoms with Crippen LogP contribution in [0.5, 0.6) is 5.75 Å². The molecule has 4 rings (SSSR count). The Bertz CT molecular complexity index is 1170. The molecule has 1 atom stereocenters. The van der Waals surface area contributed by atoms with Crippen LogP contribution in [0.4, 0.5) is 10.3 Å². The van der Waals surface area contributed by atoms with E-state index >= 15 is 0 Å². The number of nitrogens with two attached hydrogens (primary N) is 1. The lowest BCUT2D eigenvalue weighted by molar-refractivity contribution is 0.313. The molecule has 0 bridgehead atoms. The second kappa shape index (κ2) is 8.60. The van der Waals surface area contributed by atoms with E-state index in [1.165, 1.54) is 16.4 Å². The van der Waals surface area contributed by atoms with Gasteiger partial charge in [0.2, 0.25) is 16.0 Å². The summed E-state index contributed by atoms with van der Waals surface area (Å²) >= 11 is 0. The predicted octanol–water partition coefficient (Wildman–Crippen LogP) is 3.44. The van der Waals surface area contributed by atoms with Gasteiger partial charge >= 0.3 is 0 Å². The van der Waals surface area contributed by atoms with E-state index in [1.807, 2.05) is 24.3 Å². The highest BCUT2D eigenvalue weighted by molar-refractivity contribution is 7.89. The highest BCUT2D eigenvalue weighted by atomic mass is 32.2. The molecular formula is C22H23FN4O3S. The number of halogens is 1. The first-order valence-corrected chi connectivity index (χ1v) is 11.3. The summed E-state index contributed by atoms with van der Waals surface area (Å²) in [6, 6.07) is 12.4. The molecule has 0 amide bonds. The average Bonchev–Trinajstić information content (AvgIpc) is 2.79. The summed E-state index contributed by atoms with van der Waals surface area (Å²) in [6.45, 7) is 0.661. The molecule has 31 heavy (non-hydrogen) atoms. The van der Waals surface area contributed by atoms with Crippen molar-refractivity contribution in [1.82, 2.24) is 14.3 Å². The molecule has 2 N–H and O–H groups in total. The van der Waals surface area contributed by atoms with Gasteiger partial charge in [0.15, 0.2) is 0 Å². The molecule has 162 valence electrons. The van der Waals surface area contributed by atoms with E-state index < -0.39 is 15.8 Å².